The van der Waals surface area contributed by atoms with Crippen LogP contribution >= 0.6 is 0 Å². The van der Waals surface area contributed by atoms with Gasteiger partial charge in [0.05, 0.1) is 19.3 Å². The third-order valence-electron chi connectivity index (χ3n) is 2.22. The van der Waals surface area contributed by atoms with Crippen molar-refractivity contribution in [3.8, 4) is 0 Å². The van der Waals surface area contributed by atoms with Gasteiger partial charge in [-0.3, -0.25) is 0 Å². The summed E-state index contributed by atoms with van der Waals surface area (Å²) in [5.74, 6) is -0.291. The molecule has 94 valence electrons. The topological polar surface area (TPSA) is 46.5 Å². The third-order valence-corrected chi connectivity index (χ3v) is 2.22. The first-order valence-electron chi connectivity index (χ1n) is 5.56. The van der Waals surface area contributed by atoms with Gasteiger partial charge in [-0.15, -0.1) is 0 Å². The van der Waals surface area contributed by atoms with Crippen LogP contribution in [0.5, 0.6) is 0 Å². The van der Waals surface area contributed by atoms with E-state index in [1.54, 1.807) is 24.3 Å². The normalized spacial score (nSPS) is 9.00. The highest BCUT2D eigenvalue weighted by Gasteiger charge is 2.00. The first kappa shape index (κ1) is 13.9. The number of aliphatic hydroxyl groups is 1. The Kier molecular flexibility index (Phi) is 6.22. The van der Waals surface area contributed by atoms with E-state index in [0.717, 1.165) is 5.56 Å². The van der Waals surface area contributed by atoms with Crippen LogP contribution in [0.4, 0.5) is 0 Å². The van der Waals surface area contributed by atoms with E-state index in [9.17, 15) is 4.79 Å². The summed E-state index contributed by atoms with van der Waals surface area (Å²) >= 11 is 0. The van der Waals surface area contributed by atoms with Crippen molar-refractivity contribution in [1.82, 2.24) is 0 Å². The molecule has 0 saturated carbocycles. The summed E-state index contributed by atoms with van der Waals surface area (Å²) < 4.78 is 4.50. The number of rotatable bonds is 2. The Labute approximate surface area is 107 Å². The minimum absolute atomic E-state index is 0.140. The van der Waals surface area contributed by atoms with Gasteiger partial charge in [0.15, 0.2) is 0 Å². The SMILES string of the molecule is COC(=O)c1ccccc1.OCc1ccccc1. The Hall–Kier alpha value is -2.13. The lowest BCUT2D eigenvalue weighted by molar-refractivity contribution is 0.0600. The molecule has 0 radical (unpaired) electrons. The number of hydrogen-bond acceptors (Lipinski definition) is 3. The molecule has 3 nitrogen and oxygen atoms in total. The maximum Gasteiger partial charge on any atom is 0.337 e. The standard InChI is InChI=1S/C8H8O2.C7H8O/c1-10-8(9)7-5-3-2-4-6-7;8-6-7-4-2-1-3-5-7/h2-6H,1H3;1-5,8H,6H2. The van der Waals surface area contributed by atoms with Crippen LogP contribution in [-0.2, 0) is 11.3 Å². The van der Waals surface area contributed by atoms with Crippen molar-refractivity contribution >= 4 is 5.97 Å². The van der Waals surface area contributed by atoms with Crippen LogP contribution in [0, 0.1) is 0 Å². The average Bonchev–Trinajstić information content (AvgIpc) is 2.49. The quantitative estimate of drug-likeness (QED) is 0.826. The maximum absolute atomic E-state index is 10.8. The number of esters is 1. The van der Waals surface area contributed by atoms with Crippen LogP contribution in [0.1, 0.15) is 15.9 Å². The van der Waals surface area contributed by atoms with Crippen LogP contribution in [0.3, 0.4) is 0 Å². The Morgan fingerprint density at radius 2 is 1.50 bits per heavy atom. The zero-order valence-corrected chi connectivity index (χ0v) is 10.2. The van der Waals surface area contributed by atoms with Gasteiger partial charge in [-0.2, -0.15) is 0 Å². The molecule has 18 heavy (non-hydrogen) atoms. The molecule has 0 saturated heterocycles. The van der Waals surface area contributed by atoms with Crippen LogP contribution in [0.2, 0.25) is 0 Å². The number of ether oxygens (including phenoxy) is 1. The highest BCUT2D eigenvalue weighted by Crippen LogP contribution is 1.98. The molecule has 0 spiro atoms. The number of methoxy groups -OCH3 is 1. The molecule has 2 rings (SSSR count). The van der Waals surface area contributed by atoms with Gasteiger partial charge < -0.3 is 9.84 Å². The second kappa shape index (κ2) is 8.03. The number of hydrogen-bond donors (Lipinski definition) is 1. The maximum atomic E-state index is 10.8. The fourth-order valence-electron chi connectivity index (χ4n) is 1.28. The van der Waals surface area contributed by atoms with Crippen molar-refractivity contribution in [3.05, 3.63) is 71.8 Å². The van der Waals surface area contributed by atoms with Gasteiger partial charge in [0, 0.05) is 0 Å². The summed E-state index contributed by atoms with van der Waals surface area (Å²) in [4.78, 5) is 10.8. The Morgan fingerprint density at radius 1 is 1.00 bits per heavy atom. The molecule has 2 aromatic carbocycles. The summed E-state index contributed by atoms with van der Waals surface area (Å²) in [7, 11) is 1.37. The number of benzene rings is 2. The van der Waals surface area contributed by atoms with E-state index in [4.69, 9.17) is 5.11 Å². The number of carbonyl (C=O) groups is 1. The van der Waals surface area contributed by atoms with Crippen molar-refractivity contribution in [3.63, 3.8) is 0 Å². The van der Waals surface area contributed by atoms with Crippen molar-refractivity contribution in [1.29, 1.82) is 0 Å². The molecular weight excluding hydrogens is 228 g/mol. The molecule has 0 aliphatic carbocycles. The summed E-state index contributed by atoms with van der Waals surface area (Å²) in [6, 6.07) is 18.4. The van der Waals surface area contributed by atoms with Crippen LogP contribution < -0.4 is 0 Å². The van der Waals surface area contributed by atoms with Crippen LogP contribution in [-0.4, -0.2) is 18.2 Å². The Bertz CT molecular complexity index is 452. The molecule has 0 aromatic heterocycles. The molecule has 0 atom stereocenters. The fourth-order valence-corrected chi connectivity index (χ4v) is 1.28. The number of aliphatic hydroxyl groups excluding tert-OH is 1. The molecule has 1 N–H and O–H groups in total. The summed E-state index contributed by atoms with van der Waals surface area (Å²) in [6.07, 6.45) is 0. The fraction of sp³-hybridized carbons (Fsp3) is 0.133. The molecule has 0 aliphatic heterocycles. The van der Waals surface area contributed by atoms with E-state index in [1.807, 2.05) is 36.4 Å². The largest absolute Gasteiger partial charge is 0.465 e. The first-order valence-corrected chi connectivity index (χ1v) is 5.56. The highest BCUT2D eigenvalue weighted by molar-refractivity contribution is 5.89. The van der Waals surface area contributed by atoms with Gasteiger partial charge in [-0.05, 0) is 17.7 Å². The molecule has 0 amide bonds. The predicted molar refractivity (Wildman–Crippen MR) is 70.1 cm³/mol. The zero-order valence-electron chi connectivity index (χ0n) is 10.2. The molecule has 0 fully saturated rings. The molecule has 0 unspecified atom stereocenters. The lowest BCUT2D eigenvalue weighted by atomic mass is 10.2. The van der Waals surface area contributed by atoms with Gasteiger partial charge in [0.1, 0.15) is 0 Å². The van der Waals surface area contributed by atoms with E-state index >= 15 is 0 Å². The van der Waals surface area contributed by atoms with Gasteiger partial charge in [-0.1, -0.05) is 48.5 Å². The van der Waals surface area contributed by atoms with Gasteiger partial charge in [0.25, 0.3) is 0 Å². The summed E-state index contributed by atoms with van der Waals surface area (Å²) in [6.45, 7) is 0.140. The summed E-state index contributed by atoms with van der Waals surface area (Å²) in [5, 5.41) is 8.54. The average molecular weight is 244 g/mol. The third kappa shape index (κ3) is 4.80. The lowest BCUT2D eigenvalue weighted by Gasteiger charge is -1.95. The second-order valence-corrected chi connectivity index (χ2v) is 3.50. The smallest absolute Gasteiger partial charge is 0.337 e. The van der Waals surface area contributed by atoms with Crippen molar-refractivity contribution in [2.24, 2.45) is 0 Å². The lowest BCUT2D eigenvalue weighted by Crippen LogP contribution is -1.99. The van der Waals surface area contributed by atoms with Crippen LogP contribution in [0.15, 0.2) is 60.7 Å². The minimum atomic E-state index is -0.291. The zero-order chi connectivity index (χ0) is 13.2. The molecule has 3 heteroatoms. The van der Waals surface area contributed by atoms with E-state index < -0.39 is 0 Å². The molecule has 0 heterocycles. The van der Waals surface area contributed by atoms with E-state index in [1.165, 1.54) is 7.11 Å². The van der Waals surface area contributed by atoms with Gasteiger partial charge in [-0.25, -0.2) is 4.79 Å². The Balaban J connectivity index is 0.000000184. The van der Waals surface area contributed by atoms with Crippen LogP contribution in [0.25, 0.3) is 0 Å². The molecule has 0 aliphatic rings. The Morgan fingerprint density at radius 3 is 1.89 bits per heavy atom. The number of carbonyl (C=O) groups excluding carboxylic acids is 1. The van der Waals surface area contributed by atoms with Gasteiger partial charge >= 0.3 is 5.97 Å². The molecule has 2 aromatic rings. The van der Waals surface area contributed by atoms with Gasteiger partial charge in [0.2, 0.25) is 0 Å². The molecular formula is C15H16O3. The molecule has 0 bridgehead atoms. The van der Waals surface area contributed by atoms with E-state index in [2.05, 4.69) is 4.74 Å². The van der Waals surface area contributed by atoms with E-state index in [-0.39, 0.29) is 12.6 Å². The second-order valence-electron chi connectivity index (χ2n) is 3.50. The highest BCUT2D eigenvalue weighted by atomic mass is 16.5. The monoisotopic (exact) mass is 244 g/mol. The van der Waals surface area contributed by atoms with Crippen molar-refractivity contribution < 1.29 is 14.6 Å². The van der Waals surface area contributed by atoms with Crippen molar-refractivity contribution in [2.75, 3.05) is 7.11 Å². The predicted octanol–water partition coefficient (Wildman–Crippen LogP) is 2.65. The summed E-state index contributed by atoms with van der Waals surface area (Å²) in [5.41, 5.74) is 1.55. The first-order chi connectivity index (χ1) is 8.77. The minimum Gasteiger partial charge on any atom is -0.465 e. The van der Waals surface area contributed by atoms with Crippen molar-refractivity contribution in [2.45, 2.75) is 6.61 Å². The van der Waals surface area contributed by atoms with E-state index in [0.29, 0.717) is 5.56 Å².